The summed E-state index contributed by atoms with van der Waals surface area (Å²) in [5.74, 6) is -0.491. The fraction of sp³-hybridized carbons (Fsp3) is 0.529. The van der Waals surface area contributed by atoms with Gasteiger partial charge in [-0.05, 0) is 26.8 Å². The van der Waals surface area contributed by atoms with Gasteiger partial charge in [0.2, 0.25) is 5.60 Å². The minimum atomic E-state index is -1.09. The van der Waals surface area contributed by atoms with Crippen LogP contribution in [0.3, 0.4) is 0 Å². The van der Waals surface area contributed by atoms with Crippen LogP contribution in [0.2, 0.25) is 0 Å². The number of hydrogen-bond acceptors (Lipinski definition) is 4. The van der Waals surface area contributed by atoms with E-state index < -0.39 is 5.60 Å². The van der Waals surface area contributed by atoms with E-state index in [-0.39, 0.29) is 30.4 Å². The first-order valence-corrected chi connectivity index (χ1v) is 7.84. The summed E-state index contributed by atoms with van der Waals surface area (Å²) in [5.41, 5.74) is -0.241. The first-order valence-electron chi connectivity index (χ1n) is 7.84. The number of nitrogens with zero attached hydrogens (tertiary/aromatic N) is 2. The molecule has 0 aromatic heterocycles. The van der Waals surface area contributed by atoms with Crippen LogP contribution in [0, 0.1) is 5.82 Å². The van der Waals surface area contributed by atoms with Crippen LogP contribution in [0.5, 0.6) is 0 Å². The summed E-state index contributed by atoms with van der Waals surface area (Å²) < 4.78 is 19.6. The molecule has 3 atom stereocenters. The number of carbonyl (C=O) groups is 1. The van der Waals surface area contributed by atoms with Crippen molar-refractivity contribution in [2.75, 3.05) is 13.1 Å². The Morgan fingerprint density at radius 2 is 1.96 bits per heavy atom. The van der Waals surface area contributed by atoms with Crippen LogP contribution in [0.15, 0.2) is 29.4 Å². The van der Waals surface area contributed by atoms with Crippen molar-refractivity contribution in [2.45, 2.75) is 45.0 Å². The van der Waals surface area contributed by atoms with Gasteiger partial charge in [-0.25, -0.2) is 4.39 Å². The van der Waals surface area contributed by atoms with Crippen molar-refractivity contribution in [3.63, 3.8) is 0 Å². The summed E-state index contributed by atoms with van der Waals surface area (Å²) in [6, 6.07) is 6.38. The molecule has 2 aliphatic heterocycles. The van der Waals surface area contributed by atoms with Crippen molar-refractivity contribution >= 4 is 11.6 Å². The summed E-state index contributed by atoms with van der Waals surface area (Å²) in [5, 5.41) is 3.97. The zero-order valence-corrected chi connectivity index (χ0v) is 13.6. The summed E-state index contributed by atoms with van der Waals surface area (Å²) in [7, 11) is 0. The molecule has 1 amide bonds. The molecular weight excluding hydrogens is 299 g/mol. The Labute approximate surface area is 135 Å². The SMILES string of the molecule is CC1CN(C(=O)C2(C)CC(c3ccccc3F)=NO2)CC(C)O1. The minimum Gasteiger partial charge on any atom is -0.379 e. The molecule has 0 spiro atoms. The second-order valence-electron chi connectivity index (χ2n) is 6.48. The van der Waals surface area contributed by atoms with Crippen molar-refractivity contribution < 1.29 is 18.8 Å². The van der Waals surface area contributed by atoms with E-state index in [9.17, 15) is 9.18 Å². The maximum atomic E-state index is 13.9. The highest BCUT2D eigenvalue weighted by Gasteiger charge is 2.46. The molecule has 0 saturated carbocycles. The number of hydrogen-bond donors (Lipinski definition) is 0. The van der Waals surface area contributed by atoms with Crippen LogP contribution >= 0.6 is 0 Å². The van der Waals surface area contributed by atoms with Gasteiger partial charge in [0.1, 0.15) is 5.82 Å². The lowest BCUT2D eigenvalue weighted by molar-refractivity contribution is -0.164. The predicted molar refractivity (Wildman–Crippen MR) is 83.6 cm³/mol. The second kappa shape index (κ2) is 5.92. The van der Waals surface area contributed by atoms with E-state index in [1.54, 1.807) is 30.0 Å². The molecule has 0 aliphatic carbocycles. The first kappa shape index (κ1) is 15.9. The van der Waals surface area contributed by atoms with Gasteiger partial charge in [-0.15, -0.1) is 0 Å². The van der Waals surface area contributed by atoms with Crippen LogP contribution in [0.4, 0.5) is 4.39 Å². The van der Waals surface area contributed by atoms with Crippen LogP contribution in [0.25, 0.3) is 0 Å². The van der Waals surface area contributed by atoms with Gasteiger partial charge in [0.25, 0.3) is 5.91 Å². The molecule has 3 rings (SSSR count). The summed E-state index contributed by atoms with van der Waals surface area (Å²) in [4.78, 5) is 20.0. The topological polar surface area (TPSA) is 51.1 Å². The Balaban J connectivity index is 1.75. The summed E-state index contributed by atoms with van der Waals surface area (Å²) in [6.45, 7) is 6.63. The van der Waals surface area contributed by atoms with Gasteiger partial charge in [0.15, 0.2) is 0 Å². The number of carbonyl (C=O) groups excluding carboxylic acids is 1. The Morgan fingerprint density at radius 3 is 2.61 bits per heavy atom. The van der Waals surface area contributed by atoms with Crippen LogP contribution < -0.4 is 0 Å². The van der Waals surface area contributed by atoms with Gasteiger partial charge < -0.3 is 14.5 Å². The van der Waals surface area contributed by atoms with Crippen LogP contribution in [-0.4, -0.2) is 47.4 Å². The second-order valence-corrected chi connectivity index (χ2v) is 6.48. The molecule has 1 saturated heterocycles. The first-order chi connectivity index (χ1) is 10.9. The molecule has 6 heteroatoms. The number of oxime groups is 1. The average Bonchev–Trinajstić information content (AvgIpc) is 2.89. The zero-order chi connectivity index (χ0) is 16.6. The molecule has 0 radical (unpaired) electrons. The molecule has 124 valence electrons. The Bertz CT molecular complexity index is 638. The lowest BCUT2D eigenvalue weighted by Gasteiger charge is -2.38. The average molecular weight is 320 g/mol. The third-order valence-corrected chi connectivity index (χ3v) is 4.21. The Morgan fingerprint density at radius 1 is 1.30 bits per heavy atom. The van der Waals surface area contributed by atoms with Crippen LogP contribution in [-0.2, 0) is 14.4 Å². The minimum absolute atomic E-state index is 0.0142. The highest BCUT2D eigenvalue weighted by atomic mass is 19.1. The molecule has 23 heavy (non-hydrogen) atoms. The molecule has 3 unspecified atom stereocenters. The monoisotopic (exact) mass is 320 g/mol. The van der Waals surface area contributed by atoms with E-state index in [0.717, 1.165) is 0 Å². The molecule has 1 aromatic rings. The van der Waals surface area contributed by atoms with Crippen molar-refractivity contribution in [3.8, 4) is 0 Å². The number of benzene rings is 1. The van der Waals surface area contributed by atoms with Crippen molar-refractivity contribution in [1.29, 1.82) is 0 Å². The highest BCUT2D eigenvalue weighted by Crippen LogP contribution is 2.30. The van der Waals surface area contributed by atoms with Gasteiger partial charge >= 0.3 is 0 Å². The third kappa shape index (κ3) is 3.08. The Hall–Kier alpha value is -1.95. The predicted octanol–water partition coefficient (Wildman–Crippen LogP) is 2.34. The molecule has 0 bridgehead atoms. The molecule has 0 N–H and O–H groups in total. The maximum Gasteiger partial charge on any atom is 0.269 e. The zero-order valence-electron chi connectivity index (χ0n) is 13.6. The molecule has 2 heterocycles. The molecular formula is C17H21FN2O3. The largest absolute Gasteiger partial charge is 0.379 e. The number of morpholine rings is 1. The van der Waals surface area contributed by atoms with Gasteiger partial charge in [-0.1, -0.05) is 23.4 Å². The van der Waals surface area contributed by atoms with Crippen molar-refractivity contribution in [3.05, 3.63) is 35.6 Å². The number of ether oxygens (including phenoxy) is 1. The number of rotatable bonds is 2. The van der Waals surface area contributed by atoms with Gasteiger partial charge in [0, 0.05) is 25.1 Å². The van der Waals surface area contributed by atoms with E-state index in [1.165, 1.54) is 6.07 Å². The van der Waals surface area contributed by atoms with E-state index in [4.69, 9.17) is 9.57 Å². The van der Waals surface area contributed by atoms with Crippen LogP contribution in [0.1, 0.15) is 32.8 Å². The molecule has 2 aliphatic rings. The molecule has 1 fully saturated rings. The highest BCUT2D eigenvalue weighted by molar-refractivity contribution is 6.05. The summed E-state index contributed by atoms with van der Waals surface area (Å²) >= 11 is 0. The van der Waals surface area contributed by atoms with Gasteiger partial charge in [-0.2, -0.15) is 0 Å². The summed E-state index contributed by atoms with van der Waals surface area (Å²) in [6.07, 6.45) is 0.228. The van der Waals surface area contributed by atoms with E-state index in [2.05, 4.69) is 5.16 Å². The fourth-order valence-electron chi connectivity index (χ4n) is 3.17. The smallest absolute Gasteiger partial charge is 0.269 e. The van der Waals surface area contributed by atoms with Crippen molar-refractivity contribution in [2.24, 2.45) is 5.16 Å². The molecule has 5 nitrogen and oxygen atoms in total. The Kier molecular flexibility index (Phi) is 4.10. The van der Waals surface area contributed by atoms with E-state index in [1.807, 2.05) is 13.8 Å². The number of amides is 1. The lowest BCUT2D eigenvalue weighted by Crippen LogP contribution is -2.55. The quantitative estimate of drug-likeness (QED) is 0.840. The number of halogens is 1. The maximum absolute atomic E-state index is 13.9. The van der Waals surface area contributed by atoms with Crippen molar-refractivity contribution in [1.82, 2.24) is 4.90 Å². The third-order valence-electron chi connectivity index (χ3n) is 4.21. The van der Waals surface area contributed by atoms with Gasteiger partial charge in [0.05, 0.1) is 17.9 Å². The van der Waals surface area contributed by atoms with E-state index in [0.29, 0.717) is 24.4 Å². The van der Waals surface area contributed by atoms with Gasteiger partial charge in [-0.3, -0.25) is 4.79 Å². The fourth-order valence-corrected chi connectivity index (χ4v) is 3.17. The standard InChI is InChI=1S/C17H21FN2O3/c1-11-9-20(10-12(2)22-11)16(21)17(3)8-15(19-23-17)13-6-4-5-7-14(13)18/h4-7,11-12H,8-10H2,1-3H3. The lowest BCUT2D eigenvalue weighted by atomic mass is 9.94. The van der Waals surface area contributed by atoms with E-state index >= 15 is 0 Å². The molecule has 1 aromatic carbocycles. The normalized spacial score (nSPS) is 30.8.